The summed E-state index contributed by atoms with van der Waals surface area (Å²) in [7, 11) is 0. The number of aromatic nitrogens is 1. The van der Waals surface area contributed by atoms with E-state index < -0.39 is 5.92 Å². The van der Waals surface area contributed by atoms with Crippen molar-refractivity contribution in [1.82, 2.24) is 4.98 Å². The number of nitrogens with zero attached hydrogens (tertiary/aromatic N) is 2. The van der Waals surface area contributed by atoms with E-state index in [0.717, 1.165) is 5.56 Å². The predicted octanol–water partition coefficient (Wildman–Crippen LogP) is 3.15. The lowest BCUT2D eigenvalue weighted by molar-refractivity contribution is -0.117. The first-order chi connectivity index (χ1) is 8.61. The van der Waals surface area contributed by atoms with Crippen LogP contribution in [0.2, 0.25) is 0 Å². The molecule has 0 unspecified atom stereocenters. The van der Waals surface area contributed by atoms with Crippen molar-refractivity contribution in [3.05, 3.63) is 40.5 Å². The fraction of sp³-hybridized carbons (Fsp3) is 0.154. The highest BCUT2D eigenvalue weighted by molar-refractivity contribution is 7.10. The first-order valence-corrected chi connectivity index (χ1v) is 6.11. The van der Waals surface area contributed by atoms with Crippen molar-refractivity contribution in [1.29, 1.82) is 5.26 Å². The van der Waals surface area contributed by atoms with Crippen molar-refractivity contribution in [2.45, 2.75) is 12.8 Å². The zero-order valence-electron chi connectivity index (χ0n) is 9.55. The number of hydrogen-bond acceptors (Lipinski definition) is 4. The SMILES string of the molecule is CC(=O)[C@@H](C#N)c1nc(-c2ccc(F)cc2)cs1. The molecule has 0 spiro atoms. The number of ketones is 1. The van der Waals surface area contributed by atoms with E-state index in [0.29, 0.717) is 10.7 Å². The van der Waals surface area contributed by atoms with Crippen LogP contribution in [0.5, 0.6) is 0 Å². The summed E-state index contributed by atoms with van der Waals surface area (Å²) in [5, 5.41) is 11.1. The molecule has 0 fully saturated rings. The number of hydrogen-bond donors (Lipinski definition) is 0. The number of rotatable bonds is 3. The van der Waals surface area contributed by atoms with Gasteiger partial charge in [0.15, 0.2) is 11.7 Å². The van der Waals surface area contributed by atoms with Gasteiger partial charge in [-0.25, -0.2) is 9.37 Å². The number of Topliss-reactive ketones (excluding diaryl/α,β-unsaturated/α-hetero) is 1. The average Bonchev–Trinajstić information content (AvgIpc) is 2.80. The Hall–Kier alpha value is -2.06. The molecule has 0 radical (unpaired) electrons. The standard InChI is InChI=1S/C13H9FN2OS/c1-8(17)11(6-15)13-16-12(7-18-13)9-2-4-10(14)5-3-9/h2-5,7,11H,1H3/t11-/m1/s1. The van der Waals surface area contributed by atoms with E-state index >= 15 is 0 Å². The van der Waals surface area contributed by atoms with Crippen LogP contribution in [0.15, 0.2) is 29.6 Å². The van der Waals surface area contributed by atoms with Crippen molar-refractivity contribution in [2.75, 3.05) is 0 Å². The summed E-state index contributed by atoms with van der Waals surface area (Å²) < 4.78 is 12.8. The molecule has 0 N–H and O–H groups in total. The Kier molecular flexibility index (Phi) is 3.49. The van der Waals surface area contributed by atoms with Crippen molar-refractivity contribution >= 4 is 17.1 Å². The highest BCUT2D eigenvalue weighted by Crippen LogP contribution is 2.26. The molecule has 1 atom stereocenters. The molecular weight excluding hydrogens is 251 g/mol. The average molecular weight is 260 g/mol. The molecule has 18 heavy (non-hydrogen) atoms. The van der Waals surface area contributed by atoms with Crippen molar-refractivity contribution in [3.8, 4) is 17.3 Å². The first kappa shape index (κ1) is 12.4. The summed E-state index contributed by atoms with van der Waals surface area (Å²) in [6.45, 7) is 1.37. The minimum atomic E-state index is -0.816. The van der Waals surface area contributed by atoms with E-state index in [9.17, 15) is 9.18 Å². The summed E-state index contributed by atoms with van der Waals surface area (Å²) in [6.07, 6.45) is 0. The number of carbonyl (C=O) groups excluding carboxylic acids is 1. The normalized spacial score (nSPS) is 11.8. The zero-order valence-corrected chi connectivity index (χ0v) is 10.4. The highest BCUT2D eigenvalue weighted by atomic mass is 32.1. The Morgan fingerprint density at radius 2 is 2.11 bits per heavy atom. The molecule has 0 saturated carbocycles. The van der Waals surface area contributed by atoms with Crippen molar-refractivity contribution in [2.24, 2.45) is 0 Å². The molecule has 2 aromatic rings. The molecule has 0 amide bonds. The highest BCUT2D eigenvalue weighted by Gasteiger charge is 2.20. The van der Waals surface area contributed by atoms with Crippen LogP contribution in [0.25, 0.3) is 11.3 Å². The third kappa shape index (κ3) is 2.44. The summed E-state index contributed by atoms with van der Waals surface area (Å²) in [5.41, 5.74) is 1.41. The molecular formula is C13H9FN2OS. The van der Waals surface area contributed by atoms with Gasteiger partial charge in [-0.05, 0) is 31.2 Å². The number of halogens is 1. The maximum atomic E-state index is 12.8. The number of nitriles is 1. The fourth-order valence-corrected chi connectivity index (χ4v) is 2.42. The second-order valence-electron chi connectivity index (χ2n) is 3.75. The van der Waals surface area contributed by atoms with E-state index in [1.807, 2.05) is 6.07 Å². The van der Waals surface area contributed by atoms with Gasteiger partial charge in [-0.15, -0.1) is 11.3 Å². The minimum Gasteiger partial charge on any atom is -0.298 e. The third-order valence-electron chi connectivity index (χ3n) is 2.44. The van der Waals surface area contributed by atoms with Gasteiger partial charge in [0.2, 0.25) is 0 Å². The van der Waals surface area contributed by atoms with Gasteiger partial charge in [-0.2, -0.15) is 5.26 Å². The van der Waals surface area contributed by atoms with Gasteiger partial charge in [0.05, 0.1) is 11.8 Å². The van der Waals surface area contributed by atoms with Crippen LogP contribution < -0.4 is 0 Å². The second kappa shape index (κ2) is 5.07. The Morgan fingerprint density at radius 3 is 2.67 bits per heavy atom. The maximum Gasteiger partial charge on any atom is 0.156 e. The minimum absolute atomic E-state index is 0.225. The van der Waals surface area contributed by atoms with Gasteiger partial charge in [0, 0.05) is 10.9 Å². The lowest BCUT2D eigenvalue weighted by atomic mass is 10.1. The Bertz CT molecular complexity index is 613. The van der Waals surface area contributed by atoms with Gasteiger partial charge in [-0.3, -0.25) is 4.79 Å². The van der Waals surface area contributed by atoms with Crippen LogP contribution in [0.1, 0.15) is 17.8 Å². The van der Waals surface area contributed by atoms with Gasteiger partial charge < -0.3 is 0 Å². The van der Waals surface area contributed by atoms with E-state index in [1.54, 1.807) is 17.5 Å². The van der Waals surface area contributed by atoms with Gasteiger partial charge in [0.1, 0.15) is 10.8 Å². The van der Waals surface area contributed by atoms with Crippen LogP contribution in [0.4, 0.5) is 4.39 Å². The lowest BCUT2D eigenvalue weighted by Crippen LogP contribution is -2.05. The Balaban J connectivity index is 2.33. The Morgan fingerprint density at radius 1 is 1.44 bits per heavy atom. The summed E-state index contributed by atoms with van der Waals surface area (Å²) in [4.78, 5) is 15.5. The first-order valence-electron chi connectivity index (χ1n) is 5.23. The maximum absolute atomic E-state index is 12.8. The number of benzene rings is 1. The van der Waals surface area contributed by atoms with Gasteiger partial charge in [-0.1, -0.05) is 0 Å². The van der Waals surface area contributed by atoms with Crippen LogP contribution in [0, 0.1) is 17.1 Å². The molecule has 0 aliphatic rings. The molecule has 0 bridgehead atoms. The van der Waals surface area contributed by atoms with Crippen LogP contribution in [-0.4, -0.2) is 10.8 Å². The summed E-state index contributed by atoms with van der Waals surface area (Å²) >= 11 is 1.26. The van der Waals surface area contributed by atoms with Crippen LogP contribution in [-0.2, 0) is 4.79 Å². The summed E-state index contributed by atoms with van der Waals surface area (Å²) in [5.74, 6) is -1.35. The molecule has 2 rings (SSSR count). The zero-order chi connectivity index (χ0) is 13.1. The fourth-order valence-electron chi connectivity index (χ4n) is 1.49. The lowest BCUT2D eigenvalue weighted by Gasteiger charge is -1.99. The molecule has 1 aromatic carbocycles. The molecule has 0 aliphatic carbocycles. The molecule has 0 saturated heterocycles. The largest absolute Gasteiger partial charge is 0.298 e. The smallest absolute Gasteiger partial charge is 0.156 e. The molecule has 0 aliphatic heterocycles. The summed E-state index contributed by atoms with van der Waals surface area (Å²) in [6, 6.07) is 7.86. The van der Waals surface area contributed by atoms with Gasteiger partial charge >= 0.3 is 0 Å². The monoisotopic (exact) mass is 260 g/mol. The van der Waals surface area contributed by atoms with E-state index in [4.69, 9.17) is 5.26 Å². The molecule has 1 aromatic heterocycles. The van der Waals surface area contributed by atoms with Crippen LogP contribution >= 0.6 is 11.3 Å². The quantitative estimate of drug-likeness (QED) is 0.851. The second-order valence-corrected chi connectivity index (χ2v) is 4.64. The number of thiazole rings is 1. The predicted molar refractivity (Wildman–Crippen MR) is 66.5 cm³/mol. The molecule has 5 heteroatoms. The van der Waals surface area contributed by atoms with E-state index in [1.165, 1.54) is 30.4 Å². The van der Waals surface area contributed by atoms with Crippen molar-refractivity contribution < 1.29 is 9.18 Å². The van der Waals surface area contributed by atoms with Crippen LogP contribution in [0.3, 0.4) is 0 Å². The number of carbonyl (C=O) groups is 1. The molecule has 3 nitrogen and oxygen atoms in total. The van der Waals surface area contributed by atoms with Gasteiger partial charge in [0.25, 0.3) is 0 Å². The van der Waals surface area contributed by atoms with E-state index in [-0.39, 0.29) is 11.6 Å². The molecule has 90 valence electrons. The molecule has 1 heterocycles. The Labute approximate surface area is 108 Å². The topological polar surface area (TPSA) is 53.8 Å². The van der Waals surface area contributed by atoms with Crippen molar-refractivity contribution in [3.63, 3.8) is 0 Å². The third-order valence-corrected chi connectivity index (χ3v) is 3.35. The van der Waals surface area contributed by atoms with E-state index in [2.05, 4.69) is 4.98 Å².